The molecule has 0 aromatic carbocycles. The van der Waals surface area contributed by atoms with Crippen LogP contribution in [-0.2, 0) is 0 Å². The average Bonchev–Trinajstić information content (AvgIpc) is 2.85. The lowest BCUT2D eigenvalue weighted by molar-refractivity contribution is 0.0937. The number of rotatable bonds is 4. The Labute approximate surface area is 93.8 Å². The van der Waals surface area contributed by atoms with Gasteiger partial charge < -0.3 is 9.73 Å². The Morgan fingerprint density at radius 3 is 3.00 bits per heavy atom. The predicted molar refractivity (Wildman–Crippen MR) is 58.0 cm³/mol. The van der Waals surface area contributed by atoms with Crippen molar-refractivity contribution in [2.75, 3.05) is 0 Å². The molecular formula is C11H14ClNO2. The Kier molecular flexibility index (Phi) is 3.00. The molecule has 1 aliphatic rings. The summed E-state index contributed by atoms with van der Waals surface area (Å²) in [6.07, 6.45) is 5.07. The molecule has 1 heterocycles. The first-order valence-corrected chi connectivity index (χ1v) is 5.58. The second kappa shape index (κ2) is 4.27. The molecule has 1 aliphatic carbocycles. The second-order valence-electron chi connectivity index (χ2n) is 4.16. The largest absolute Gasteiger partial charge is 0.452 e. The molecule has 0 saturated heterocycles. The zero-order valence-electron chi connectivity index (χ0n) is 8.63. The SMILES string of the molecule is CC(CC1CC1)NC(=O)c1ccoc1Cl. The van der Waals surface area contributed by atoms with E-state index >= 15 is 0 Å². The minimum Gasteiger partial charge on any atom is -0.452 e. The second-order valence-corrected chi connectivity index (χ2v) is 4.50. The lowest BCUT2D eigenvalue weighted by Crippen LogP contribution is -2.32. The average molecular weight is 228 g/mol. The van der Waals surface area contributed by atoms with Crippen molar-refractivity contribution in [1.29, 1.82) is 0 Å². The molecule has 1 aromatic rings. The van der Waals surface area contributed by atoms with E-state index in [0.29, 0.717) is 5.56 Å². The number of furan rings is 1. The molecule has 4 heteroatoms. The summed E-state index contributed by atoms with van der Waals surface area (Å²) in [5, 5.41) is 3.07. The van der Waals surface area contributed by atoms with E-state index in [1.54, 1.807) is 6.07 Å². The fraction of sp³-hybridized carbons (Fsp3) is 0.545. The molecule has 0 radical (unpaired) electrons. The summed E-state index contributed by atoms with van der Waals surface area (Å²) < 4.78 is 4.87. The molecule has 2 rings (SSSR count). The first kappa shape index (κ1) is 10.6. The normalized spacial score (nSPS) is 17.5. The van der Waals surface area contributed by atoms with Crippen molar-refractivity contribution in [2.45, 2.75) is 32.2 Å². The fourth-order valence-electron chi connectivity index (χ4n) is 1.67. The van der Waals surface area contributed by atoms with Gasteiger partial charge in [-0.3, -0.25) is 4.79 Å². The van der Waals surface area contributed by atoms with E-state index in [2.05, 4.69) is 5.32 Å². The summed E-state index contributed by atoms with van der Waals surface area (Å²) in [6, 6.07) is 1.79. The maximum Gasteiger partial charge on any atom is 0.256 e. The van der Waals surface area contributed by atoms with E-state index in [0.717, 1.165) is 12.3 Å². The molecule has 0 bridgehead atoms. The van der Waals surface area contributed by atoms with Gasteiger partial charge in [-0.1, -0.05) is 12.8 Å². The Hall–Kier alpha value is -0.960. The summed E-state index contributed by atoms with van der Waals surface area (Å²) >= 11 is 5.71. The molecule has 1 N–H and O–H groups in total. The van der Waals surface area contributed by atoms with Crippen molar-refractivity contribution in [1.82, 2.24) is 5.32 Å². The maximum absolute atomic E-state index is 11.7. The quantitative estimate of drug-likeness (QED) is 0.860. The number of carbonyl (C=O) groups excluding carboxylic acids is 1. The molecule has 0 aliphatic heterocycles. The van der Waals surface area contributed by atoms with Crippen molar-refractivity contribution in [3.8, 4) is 0 Å². The zero-order valence-corrected chi connectivity index (χ0v) is 9.38. The molecule has 1 saturated carbocycles. The van der Waals surface area contributed by atoms with Gasteiger partial charge in [-0.15, -0.1) is 0 Å². The van der Waals surface area contributed by atoms with Crippen LogP contribution in [0.5, 0.6) is 0 Å². The molecule has 1 atom stereocenters. The fourth-order valence-corrected chi connectivity index (χ4v) is 1.87. The van der Waals surface area contributed by atoms with Crippen molar-refractivity contribution in [3.63, 3.8) is 0 Å². The third-order valence-corrected chi connectivity index (χ3v) is 2.92. The van der Waals surface area contributed by atoms with Crippen LogP contribution in [0, 0.1) is 5.92 Å². The number of halogens is 1. The first-order valence-electron chi connectivity index (χ1n) is 5.20. The third-order valence-electron chi connectivity index (χ3n) is 2.62. The lowest BCUT2D eigenvalue weighted by Gasteiger charge is -2.12. The van der Waals surface area contributed by atoms with Gasteiger partial charge in [0.2, 0.25) is 5.22 Å². The molecule has 82 valence electrons. The van der Waals surface area contributed by atoms with Gasteiger partial charge >= 0.3 is 0 Å². The predicted octanol–water partition coefficient (Wildman–Crippen LogP) is 2.85. The molecule has 0 spiro atoms. The summed E-state index contributed by atoms with van der Waals surface area (Å²) in [6.45, 7) is 2.02. The molecule has 3 nitrogen and oxygen atoms in total. The van der Waals surface area contributed by atoms with Crippen LogP contribution < -0.4 is 5.32 Å². The molecule has 1 unspecified atom stereocenters. The number of hydrogen-bond donors (Lipinski definition) is 1. The number of amides is 1. The van der Waals surface area contributed by atoms with Crippen LogP contribution in [0.15, 0.2) is 16.7 Å². The molecule has 1 fully saturated rings. The summed E-state index contributed by atoms with van der Waals surface area (Å²) in [5.41, 5.74) is 0.416. The van der Waals surface area contributed by atoms with Gasteiger partial charge in [0.15, 0.2) is 0 Å². The standard InChI is InChI=1S/C11H14ClNO2/c1-7(6-8-2-3-8)13-11(14)9-4-5-15-10(9)12/h4-5,7-8H,2-3,6H2,1H3,(H,13,14). The maximum atomic E-state index is 11.7. The van der Waals surface area contributed by atoms with E-state index < -0.39 is 0 Å². The van der Waals surface area contributed by atoms with Crippen molar-refractivity contribution in [3.05, 3.63) is 23.1 Å². The van der Waals surface area contributed by atoms with Crippen LogP contribution in [0.2, 0.25) is 5.22 Å². The van der Waals surface area contributed by atoms with E-state index in [4.69, 9.17) is 16.0 Å². The highest BCUT2D eigenvalue weighted by atomic mass is 35.5. The highest BCUT2D eigenvalue weighted by Gasteiger charge is 2.24. The van der Waals surface area contributed by atoms with Gasteiger partial charge in [0, 0.05) is 6.04 Å². The van der Waals surface area contributed by atoms with Gasteiger partial charge in [-0.05, 0) is 36.9 Å². The zero-order chi connectivity index (χ0) is 10.8. The molecule has 1 aromatic heterocycles. The molecule has 15 heavy (non-hydrogen) atoms. The van der Waals surface area contributed by atoms with E-state index in [-0.39, 0.29) is 17.2 Å². The minimum absolute atomic E-state index is 0.151. The summed E-state index contributed by atoms with van der Waals surface area (Å²) in [5.74, 6) is 0.655. The van der Waals surface area contributed by atoms with E-state index in [9.17, 15) is 4.79 Å². The lowest BCUT2D eigenvalue weighted by atomic mass is 10.1. The Morgan fingerprint density at radius 2 is 2.47 bits per heavy atom. The molecule has 1 amide bonds. The van der Waals surface area contributed by atoms with Gasteiger partial charge in [0.1, 0.15) is 0 Å². The Balaban J connectivity index is 1.88. The topological polar surface area (TPSA) is 42.2 Å². The van der Waals surface area contributed by atoms with Gasteiger partial charge in [0.05, 0.1) is 11.8 Å². The van der Waals surface area contributed by atoms with Crippen LogP contribution in [0.4, 0.5) is 0 Å². The Morgan fingerprint density at radius 1 is 1.73 bits per heavy atom. The molecular weight excluding hydrogens is 214 g/mol. The minimum atomic E-state index is -0.151. The van der Waals surface area contributed by atoms with Crippen LogP contribution in [-0.4, -0.2) is 11.9 Å². The monoisotopic (exact) mass is 227 g/mol. The van der Waals surface area contributed by atoms with Gasteiger partial charge in [0.25, 0.3) is 5.91 Å². The first-order chi connectivity index (χ1) is 7.16. The van der Waals surface area contributed by atoms with Gasteiger partial charge in [-0.2, -0.15) is 0 Å². The number of nitrogens with one attached hydrogen (secondary N) is 1. The van der Waals surface area contributed by atoms with Crippen LogP contribution in [0.1, 0.15) is 36.5 Å². The third kappa shape index (κ3) is 2.75. The highest BCUT2D eigenvalue weighted by molar-refractivity contribution is 6.32. The van der Waals surface area contributed by atoms with E-state index in [1.165, 1.54) is 19.1 Å². The highest BCUT2D eigenvalue weighted by Crippen LogP contribution is 2.33. The van der Waals surface area contributed by atoms with Gasteiger partial charge in [-0.25, -0.2) is 0 Å². The number of hydrogen-bond acceptors (Lipinski definition) is 2. The van der Waals surface area contributed by atoms with Crippen LogP contribution in [0.25, 0.3) is 0 Å². The van der Waals surface area contributed by atoms with Crippen molar-refractivity contribution < 1.29 is 9.21 Å². The van der Waals surface area contributed by atoms with Crippen LogP contribution in [0.3, 0.4) is 0 Å². The smallest absolute Gasteiger partial charge is 0.256 e. The van der Waals surface area contributed by atoms with Crippen molar-refractivity contribution >= 4 is 17.5 Å². The Bertz CT molecular complexity index is 357. The van der Waals surface area contributed by atoms with E-state index in [1.807, 2.05) is 6.92 Å². The summed E-state index contributed by atoms with van der Waals surface area (Å²) in [4.78, 5) is 11.7. The number of carbonyl (C=O) groups is 1. The summed E-state index contributed by atoms with van der Waals surface area (Å²) in [7, 11) is 0. The van der Waals surface area contributed by atoms with Crippen molar-refractivity contribution in [2.24, 2.45) is 5.92 Å². The van der Waals surface area contributed by atoms with Crippen LogP contribution >= 0.6 is 11.6 Å².